The lowest BCUT2D eigenvalue weighted by Gasteiger charge is -2.30. The molecule has 1 atom stereocenters. The second kappa shape index (κ2) is 9.88. The molecular weight excluding hydrogens is 392 g/mol. The molecule has 5 heteroatoms. The number of carbonyl (C=O) groups is 1. The number of hydrogen-bond donors (Lipinski definition) is 1. The molecule has 160 valence electrons. The number of nitrogens with zero attached hydrogens (tertiary/aromatic N) is 1. The fourth-order valence-corrected chi connectivity index (χ4v) is 5.05. The Morgan fingerprint density at radius 3 is 2.83 bits per heavy atom. The summed E-state index contributed by atoms with van der Waals surface area (Å²) in [7, 11) is 0. The van der Waals surface area contributed by atoms with E-state index < -0.39 is 0 Å². The van der Waals surface area contributed by atoms with E-state index in [1.165, 1.54) is 24.0 Å². The van der Waals surface area contributed by atoms with Crippen LogP contribution < -0.4 is 10.1 Å². The Hall–Kier alpha value is -1.98. The molecule has 4 rings (SSSR count). The molecule has 2 aromatic carbocycles. The van der Waals surface area contributed by atoms with Crippen molar-refractivity contribution in [3.05, 3.63) is 58.7 Å². The van der Waals surface area contributed by atoms with Crippen LogP contribution in [0, 0.1) is 0 Å². The van der Waals surface area contributed by atoms with Crippen LogP contribution >= 0.6 is 11.8 Å². The van der Waals surface area contributed by atoms with Crippen molar-refractivity contribution in [2.75, 3.05) is 32.5 Å². The van der Waals surface area contributed by atoms with Crippen molar-refractivity contribution in [3.8, 4) is 5.75 Å². The van der Waals surface area contributed by atoms with E-state index in [0.29, 0.717) is 24.8 Å². The Labute approximate surface area is 184 Å². The number of hydrogen-bond acceptors (Lipinski definition) is 4. The number of amides is 1. The zero-order valence-electron chi connectivity index (χ0n) is 18.1. The van der Waals surface area contributed by atoms with Gasteiger partial charge in [0.1, 0.15) is 5.75 Å². The minimum absolute atomic E-state index is 0.0166. The highest BCUT2D eigenvalue weighted by Gasteiger charge is 2.26. The molecule has 30 heavy (non-hydrogen) atoms. The lowest BCUT2D eigenvalue weighted by Crippen LogP contribution is -2.45. The molecule has 0 fully saturated rings. The van der Waals surface area contributed by atoms with Gasteiger partial charge >= 0.3 is 0 Å². The number of unbranched alkanes of at least 4 members (excludes halogenated alkanes) is 1. The molecule has 2 heterocycles. The zero-order valence-corrected chi connectivity index (χ0v) is 18.9. The summed E-state index contributed by atoms with van der Waals surface area (Å²) in [6.45, 7) is 5.71. The SMILES string of the molecule is CCCCN1CCc2ccccc2CC1CNC(=O)c1cc(SC)cc2c1OCC2. The lowest BCUT2D eigenvalue weighted by molar-refractivity contribution is 0.0929. The second-order valence-corrected chi connectivity index (χ2v) is 9.12. The summed E-state index contributed by atoms with van der Waals surface area (Å²) in [5, 5.41) is 3.24. The van der Waals surface area contributed by atoms with Crippen LogP contribution in [0.25, 0.3) is 0 Å². The molecular formula is C25H32N2O2S. The van der Waals surface area contributed by atoms with Gasteiger partial charge < -0.3 is 10.1 Å². The summed E-state index contributed by atoms with van der Waals surface area (Å²) in [6, 6.07) is 13.2. The third-order valence-electron chi connectivity index (χ3n) is 6.29. The van der Waals surface area contributed by atoms with E-state index in [9.17, 15) is 4.79 Å². The first-order valence-corrected chi connectivity index (χ1v) is 12.3. The van der Waals surface area contributed by atoms with Crippen molar-refractivity contribution in [2.45, 2.75) is 50.0 Å². The van der Waals surface area contributed by atoms with Gasteiger partial charge in [-0.05, 0) is 60.9 Å². The van der Waals surface area contributed by atoms with E-state index in [1.54, 1.807) is 11.8 Å². The summed E-state index contributed by atoms with van der Waals surface area (Å²) < 4.78 is 5.80. The van der Waals surface area contributed by atoms with Crippen molar-refractivity contribution in [1.29, 1.82) is 0 Å². The molecule has 1 unspecified atom stereocenters. The normalized spacial score (nSPS) is 18.3. The Morgan fingerprint density at radius 2 is 2.03 bits per heavy atom. The standard InChI is InChI=1S/C25H32N2O2S/c1-3-4-11-27-12-9-18-7-5-6-8-19(18)14-21(27)17-26-25(28)23-16-22(30-2)15-20-10-13-29-24(20)23/h5-8,15-16,21H,3-4,9-14,17H2,1-2H3,(H,26,28). The van der Waals surface area contributed by atoms with Crippen molar-refractivity contribution in [2.24, 2.45) is 0 Å². The van der Waals surface area contributed by atoms with Gasteiger partial charge in [0.25, 0.3) is 5.91 Å². The maximum atomic E-state index is 13.1. The van der Waals surface area contributed by atoms with Gasteiger partial charge in [0.05, 0.1) is 12.2 Å². The van der Waals surface area contributed by atoms with Gasteiger partial charge in [-0.15, -0.1) is 11.8 Å². The van der Waals surface area contributed by atoms with Gasteiger partial charge in [-0.1, -0.05) is 37.6 Å². The summed E-state index contributed by atoms with van der Waals surface area (Å²) in [4.78, 5) is 16.8. The number of fused-ring (bicyclic) bond motifs is 2. The molecule has 2 aliphatic heterocycles. The van der Waals surface area contributed by atoms with Crippen LogP contribution in [-0.2, 0) is 19.3 Å². The van der Waals surface area contributed by atoms with Crippen LogP contribution in [-0.4, -0.2) is 49.3 Å². The van der Waals surface area contributed by atoms with Gasteiger partial charge in [0.2, 0.25) is 0 Å². The van der Waals surface area contributed by atoms with Crippen molar-refractivity contribution >= 4 is 17.7 Å². The molecule has 1 amide bonds. The second-order valence-electron chi connectivity index (χ2n) is 8.24. The molecule has 0 aliphatic carbocycles. The van der Waals surface area contributed by atoms with Crippen LogP contribution in [0.4, 0.5) is 0 Å². The Balaban J connectivity index is 1.50. The monoisotopic (exact) mass is 424 g/mol. The Kier molecular flexibility index (Phi) is 7.00. The van der Waals surface area contributed by atoms with Crippen LogP contribution in [0.5, 0.6) is 5.75 Å². The number of thioether (sulfide) groups is 1. The Bertz CT molecular complexity index is 899. The lowest BCUT2D eigenvalue weighted by atomic mass is 10.00. The van der Waals surface area contributed by atoms with Gasteiger partial charge in [-0.2, -0.15) is 0 Å². The van der Waals surface area contributed by atoms with Crippen LogP contribution in [0.15, 0.2) is 41.3 Å². The van der Waals surface area contributed by atoms with Crippen LogP contribution in [0.1, 0.15) is 46.8 Å². The summed E-state index contributed by atoms with van der Waals surface area (Å²) in [5.74, 6) is 0.761. The fraction of sp³-hybridized carbons (Fsp3) is 0.480. The number of nitrogens with one attached hydrogen (secondary N) is 1. The molecule has 4 nitrogen and oxygen atoms in total. The third kappa shape index (κ3) is 4.68. The molecule has 0 aromatic heterocycles. The Morgan fingerprint density at radius 1 is 1.20 bits per heavy atom. The predicted octanol–water partition coefficient (Wildman–Crippen LogP) is 4.34. The maximum absolute atomic E-state index is 13.1. The molecule has 0 spiro atoms. The predicted molar refractivity (Wildman–Crippen MR) is 124 cm³/mol. The van der Waals surface area contributed by atoms with E-state index in [-0.39, 0.29) is 5.91 Å². The highest BCUT2D eigenvalue weighted by molar-refractivity contribution is 7.98. The number of carbonyl (C=O) groups excluding carboxylic acids is 1. The number of benzene rings is 2. The van der Waals surface area contributed by atoms with Gasteiger partial charge in [-0.3, -0.25) is 9.69 Å². The fourth-order valence-electron chi connectivity index (χ4n) is 4.56. The number of ether oxygens (including phenoxy) is 1. The van der Waals surface area contributed by atoms with Crippen molar-refractivity contribution < 1.29 is 9.53 Å². The maximum Gasteiger partial charge on any atom is 0.255 e. The highest BCUT2D eigenvalue weighted by atomic mass is 32.2. The summed E-state index contributed by atoms with van der Waals surface area (Å²) in [5.41, 5.74) is 4.71. The molecule has 0 saturated heterocycles. The van der Waals surface area contributed by atoms with E-state index in [2.05, 4.69) is 47.5 Å². The zero-order chi connectivity index (χ0) is 20.9. The van der Waals surface area contributed by atoms with Gasteiger partial charge in [-0.25, -0.2) is 0 Å². The topological polar surface area (TPSA) is 41.6 Å². The quantitative estimate of drug-likeness (QED) is 0.671. The largest absolute Gasteiger partial charge is 0.492 e. The average Bonchev–Trinajstić information content (AvgIpc) is 3.17. The first-order valence-electron chi connectivity index (χ1n) is 11.1. The molecule has 1 N–H and O–H groups in total. The van der Waals surface area contributed by atoms with Crippen LogP contribution in [0.3, 0.4) is 0 Å². The molecule has 0 bridgehead atoms. The highest BCUT2D eigenvalue weighted by Crippen LogP contribution is 2.34. The summed E-state index contributed by atoms with van der Waals surface area (Å²) in [6.07, 6.45) is 7.38. The van der Waals surface area contributed by atoms with Crippen molar-refractivity contribution in [3.63, 3.8) is 0 Å². The van der Waals surface area contributed by atoms with Crippen molar-refractivity contribution in [1.82, 2.24) is 10.2 Å². The van der Waals surface area contributed by atoms with E-state index >= 15 is 0 Å². The minimum Gasteiger partial charge on any atom is -0.492 e. The van der Waals surface area contributed by atoms with Gasteiger partial charge in [0.15, 0.2) is 0 Å². The van der Waals surface area contributed by atoms with E-state index in [1.807, 2.05) is 12.3 Å². The first-order chi connectivity index (χ1) is 14.7. The third-order valence-corrected chi connectivity index (χ3v) is 7.00. The van der Waals surface area contributed by atoms with Crippen LogP contribution in [0.2, 0.25) is 0 Å². The van der Waals surface area contributed by atoms with E-state index in [4.69, 9.17) is 4.74 Å². The number of rotatable bonds is 7. The minimum atomic E-state index is -0.0166. The smallest absolute Gasteiger partial charge is 0.255 e. The molecule has 2 aromatic rings. The first kappa shape index (κ1) is 21.3. The molecule has 0 radical (unpaired) electrons. The molecule has 0 saturated carbocycles. The average molecular weight is 425 g/mol. The van der Waals surface area contributed by atoms with Gasteiger partial charge in [0, 0.05) is 30.4 Å². The van der Waals surface area contributed by atoms with E-state index in [0.717, 1.165) is 48.6 Å². The summed E-state index contributed by atoms with van der Waals surface area (Å²) >= 11 is 1.67. The molecule has 2 aliphatic rings.